The highest BCUT2D eigenvalue weighted by Crippen LogP contribution is 2.44. The van der Waals surface area contributed by atoms with Crippen molar-refractivity contribution < 1.29 is 24.1 Å². The van der Waals surface area contributed by atoms with Crippen molar-refractivity contribution in [2.75, 3.05) is 39.5 Å². The van der Waals surface area contributed by atoms with E-state index >= 15 is 0 Å². The first kappa shape index (κ1) is 26.7. The molecule has 198 valence electrons. The van der Waals surface area contributed by atoms with Gasteiger partial charge in [-0.2, -0.15) is 0 Å². The molecule has 1 saturated carbocycles. The van der Waals surface area contributed by atoms with Crippen LogP contribution in [0.5, 0.6) is 0 Å². The van der Waals surface area contributed by atoms with Gasteiger partial charge in [-0.1, -0.05) is 11.2 Å². The zero-order valence-corrected chi connectivity index (χ0v) is 21.1. The van der Waals surface area contributed by atoms with Crippen molar-refractivity contribution in [3.05, 3.63) is 34.4 Å². The van der Waals surface area contributed by atoms with Crippen molar-refractivity contribution in [3.63, 3.8) is 0 Å². The molecular weight excluding hydrogens is 462 g/mol. The molecule has 0 aromatic rings. The number of amides is 1. The molecule has 0 aromatic heterocycles. The van der Waals surface area contributed by atoms with Crippen LogP contribution in [0.1, 0.15) is 64.2 Å². The second kappa shape index (κ2) is 12.7. The van der Waals surface area contributed by atoms with Crippen molar-refractivity contribution in [3.8, 4) is 0 Å². The van der Waals surface area contributed by atoms with E-state index in [0.29, 0.717) is 63.8 Å². The molecule has 0 unspecified atom stereocenters. The van der Waals surface area contributed by atoms with Crippen molar-refractivity contribution >= 4 is 11.8 Å². The van der Waals surface area contributed by atoms with Crippen LogP contribution in [0.25, 0.3) is 10.4 Å². The van der Waals surface area contributed by atoms with Crippen LogP contribution in [-0.4, -0.2) is 79.1 Å². The monoisotopic (exact) mass is 501 g/mol. The number of allylic oxidation sites excluding steroid dienone is 1. The minimum atomic E-state index is -1.15. The first-order valence-electron chi connectivity index (χ1n) is 13.4. The zero-order valence-electron chi connectivity index (χ0n) is 21.1. The lowest BCUT2D eigenvalue weighted by molar-refractivity contribution is -0.143. The Morgan fingerprint density at radius 1 is 1.28 bits per heavy atom. The molecule has 1 saturated heterocycles. The van der Waals surface area contributed by atoms with Crippen molar-refractivity contribution in [1.82, 2.24) is 4.90 Å². The Morgan fingerprint density at radius 2 is 2.03 bits per heavy atom. The highest BCUT2D eigenvalue weighted by molar-refractivity contribution is 5.95. The number of hydrogen-bond donors (Lipinski definition) is 1. The summed E-state index contributed by atoms with van der Waals surface area (Å²) in [4.78, 5) is 24.1. The maximum atomic E-state index is 14.1. The lowest BCUT2D eigenvalue weighted by Crippen LogP contribution is -2.56. The number of carbonyl (C=O) groups is 1. The first-order chi connectivity index (χ1) is 17.6. The van der Waals surface area contributed by atoms with E-state index in [4.69, 9.17) is 24.3 Å². The van der Waals surface area contributed by atoms with Crippen LogP contribution in [0.2, 0.25) is 0 Å². The fourth-order valence-electron chi connectivity index (χ4n) is 5.86. The molecule has 1 N–H and O–H groups in total. The van der Waals surface area contributed by atoms with Crippen LogP contribution in [0.3, 0.4) is 0 Å². The Balaban J connectivity index is 1.64. The van der Waals surface area contributed by atoms with Gasteiger partial charge < -0.3 is 24.2 Å². The van der Waals surface area contributed by atoms with Gasteiger partial charge in [-0.05, 0) is 68.9 Å². The molecule has 2 aliphatic heterocycles. The van der Waals surface area contributed by atoms with Crippen molar-refractivity contribution in [2.45, 2.75) is 82.0 Å². The smallest absolute Gasteiger partial charge is 0.255 e. The summed E-state index contributed by atoms with van der Waals surface area (Å²) in [6.45, 7) is 6.72. The molecule has 2 aliphatic carbocycles. The molecule has 10 heteroatoms. The third-order valence-electron chi connectivity index (χ3n) is 7.75. The predicted octanol–water partition coefficient (Wildman–Crippen LogP) is 4.05. The van der Waals surface area contributed by atoms with E-state index in [2.05, 4.69) is 16.6 Å². The SMILES string of the molecule is C=CC[C@]1(C(=O)N2CCOCC2)N=C(C2CCC(OCCCO)CC2)O[C@H]1C1=C(N=[N+]=[N-])CCCC1. The van der Waals surface area contributed by atoms with Gasteiger partial charge in [0.05, 0.1) is 19.3 Å². The molecule has 10 nitrogen and oxygen atoms in total. The van der Waals surface area contributed by atoms with Gasteiger partial charge in [0.2, 0.25) is 0 Å². The van der Waals surface area contributed by atoms with E-state index < -0.39 is 11.6 Å². The topological polar surface area (TPSA) is 129 Å². The second-order valence-corrected chi connectivity index (χ2v) is 10.1. The lowest BCUT2D eigenvalue weighted by Gasteiger charge is -2.38. The minimum Gasteiger partial charge on any atom is -0.470 e. The van der Waals surface area contributed by atoms with Gasteiger partial charge >= 0.3 is 0 Å². The quantitative estimate of drug-likeness (QED) is 0.159. The van der Waals surface area contributed by atoms with E-state index in [1.165, 1.54) is 0 Å². The number of ether oxygens (including phenoxy) is 3. The third-order valence-corrected chi connectivity index (χ3v) is 7.75. The molecular formula is C26H39N5O5. The molecule has 1 amide bonds. The lowest BCUT2D eigenvalue weighted by atomic mass is 9.79. The summed E-state index contributed by atoms with van der Waals surface area (Å²) >= 11 is 0. The molecule has 4 aliphatic rings. The molecule has 0 radical (unpaired) electrons. The van der Waals surface area contributed by atoms with E-state index in [1.54, 1.807) is 6.08 Å². The number of rotatable bonds is 10. The second-order valence-electron chi connectivity index (χ2n) is 10.1. The van der Waals surface area contributed by atoms with Crippen LogP contribution in [-0.2, 0) is 19.0 Å². The average molecular weight is 502 g/mol. The summed E-state index contributed by atoms with van der Waals surface area (Å²) in [5.74, 6) is 0.683. The van der Waals surface area contributed by atoms with Crippen molar-refractivity contribution in [2.24, 2.45) is 16.0 Å². The Morgan fingerprint density at radius 3 is 2.72 bits per heavy atom. The molecule has 36 heavy (non-hydrogen) atoms. The highest BCUT2D eigenvalue weighted by atomic mass is 16.5. The Labute approximate surface area is 213 Å². The largest absolute Gasteiger partial charge is 0.470 e. The van der Waals surface area contributed by atoms with Crippen LogP contribution >= 0.6 is 0 Å². The fourth-order valence-corrected chi connectivity index (χ4v) is 5.86. The Kier molecular flexibility index (Phi) is 9.42. The summed E-state index contributed by atoms with van der Waals surface area (Å²) in [7, 11) is 0. The van der Waals surface area contributed by atoms with E-state index in [0.717, 1.165) is 50.5 Å². The normalized spacial score (nSPS) is 30.9. The Bertz CT molecular complexity index is 900. The van der Waals surface area contributed by atoms with E-state index in [-0.39, 0.29) is 24.5 Å². The van der Waals surface area contributed by atoms with E-state index in [1.807, 2.05) is 4.90 Å². The molecule has 0 bridgehead atoms. The van der Waals surface area contributed by atoms with Gasteiger partial charge in [-0.3, -0.25) is 4.79 Å². The molecule has 2 fully saturated rings. The van der Waals surface area contributed by atoms with Crippen molar-refractivity contribution in [1.29, 1.82) is 0 Å². The average Bonchev–Trinajstić information content (AvgIpc) is 3.30. The third kappa shape index (κ3) is 5.78. The first-order valence-corrected chi connectivity index (χ1v) is 13.4. The predicted molar refractivity (Wildman–Crippen MR) is 135 cm³/mol. The molecule has 4 rings (SSSR count). The zero-order chi connectivity index (χ0) is 25.4. The standard InChI is InChI=1S/C26H39N5O5/c1-2-12-26(25(33)31-13-17-34-18-14-31)23(21-6-3-4-7-22(21)29-30-27)36-24(28-26)19-8-10-20(11-9-19)35-16-5-15-32/h2,19-20,23,32H,1,3-18H2/t19?,20?,23-,26-/m0/s1. The number of aliphatic imine (C=N–C) groups is 1. The molecule has 0 spiro atoms. The maximum absolute atomic E-state index is 14.1. The summed E-state index contributed by atoms with van der Waals surface area (Å²) in [5, 5.41) is 13.0. The van der Waals surface area contributed by atoms with Crippen LogP contribution in [0, 0.1) is 5.92 Å². The number of azide groups is 1. The van der Waals surface area contributed by atoms with E-state index in [9.17, 15) is 10.3 Å². The van der Waals surface area contributed by atoms with Gasteiger partial charge in [0.15, 0.2) is 17.5 Å². The van der Waals surface area contributed by atoms with Gasteiger partial charge in [-0.15, -0.1) is 6.58 Å². The summed E-state index contributed by atoms with van der Waals surface area (Å²) in [5.41, 5.74) is 9.65. The molecule has 0 aromatic carbocycles. The van der Waals surface area contributed by atoms with Crippen LogP contribution in [0.15, 0.2) is 34.0 Å². The van der Waals surface area contributed by atoms with Gasteiger partial charge in [0.25, 0.3) is 5.91 Å². The molecule has 2 heterocycles. The number of aliphatic hydroxyl groups is 1. The summed E-state index contributed by atoms with van der Waals surface area (Å²) in [6.07, 6.45) is 9.16. The number of morpholine rings is 1. The van der Waals surface area contributed by atoms with Crippen LogP contribution in [0.4, 0.5) is 0 Å². The fraction of sp³-hybridized carbons (Fsp3) is 0.769. The molecule has 2 atom stereocenters. The number of hydrogen-bond acceptors (Lipinski definition) is 7. The summed E-state index contributed by atoms with van der Waals surface area (Å²) < 4.78 is 18.0. The number of carbonyl (C=O) groups excluding carboxylic acids is 1. The van der Waals surface area contributed by atoms with Crippen LogP contribution < -0.4 is 0 Å². The van der Waals surface area contributed by atoms with Gasteiger partial charge in [0.1, 0.15) is 0 Å². The highest BCUT2D eigenvalue weighted by Gasteiger charge is 2.56. The number of nitrogens with zero attached hydrogens (tertiary/aromatic N) is 5. The maximum Gasteiger partial charge on any atom is 0.255 e. The van der Waals surface area contributed by atoms with Gasteiger partial charge in [-0.25, -0.2) is 4.99 Å². The minimum absolute atomic E-state index is 0.0647. The number of aliphatic hydroxyl groups excluding tert-OH is 1. The van der Waals surface area contributed by atoms with Gasteiger partial charge in [0, 0.05) is 49.3 Å². The summed E-state index contributed by atoms with van der Waals surface area (Å²) in [6, 6.07) is 0. The Hall–Kier alpha value is -2.39.